The van der Waals surface area contributed by atoms with Crippen LogP contribution in [0.3, 0.4) is 0 Å². The van der Waals surface area contributed by atoms with Crippen molar-refractivity contribution in [3.8, 4) is 0 Å². The van der Waals surface area contributed by atoms with Gasteiger partial charge in [0.15, 0.2) is 0 Å². The van der Waals surface area contributed by atoms with E-state index in [1.54, 1.807) is 36.2 Å². The number of benzene rings is 1. The largest absolute Gasteiger partial charge is 0.861 e. The maximum absolute atomic E-state index is 12.5. The second-order valence-corrected chi connectivity index (χ2v) is 8.11. The minimum atomic E-state index is -4.23. The first-order valence-corrected chi connectivity index (χ1v) is 10.6. The number of aromatic nitrogens is 2. The molecule has 0 aliphatic carbocycles. The highest BCUT2D eigenvalue weighted by atomic mass is 32.2. The summed E-state index contributed by atoms with van der Waals surface area (Å²) in [5.41, 5.74) is 0.565. The molecule has 0 saturated carbocycles. The van der Waals surface area contributed by atoms with Gasteiger partial charge in [-0.05, 0) is 11.8 Å². The Bertz CT molecular complexity index is 899. The number of piperazine rings is 1. The van der Waals surface area contributed by atoms with E-state index in [-0.39, 0.29) is 29.8 Å². The summed E-state index contributed by atoms with van der Waals surface area (Å²) < 4.78 is 42.5. The summed E-state index contributed by atoms with van der Waals surface area (Å²) in [6, 6.07) is 8.78. The lowest BCUT2D eigenvalue weighted by atomic mass is 10.2. The van der Waals surface area contributed by atoms with E-state index in [1.165, 1.54) is 15.9 Å². The van der Waals surface area contributed by atoms with Crippen molar-refractivity contribution in [1.29, 1.82) is 0 Å². The zero-order chi connectivity index (χ0) is 22.4. The first kappa shape index (κ1) is 23.1. The normalized spacial score (nSPS) is 17.0. The van der Waals surface area contributed by atoms with Crippen LogP contribution in [0.1, 0.15) is 17.3 Å². The zero-order valence-electron chi connectivity index (χ0n) is 16.8. The summed E-state index contributed by atoms with van der Waals surface area (Å²) >= 11 is 1.04. The molecule has 0 N–H and O–H groups in total. The number of rotatable bonds is 7. The molecule has 1 atom stereocenters. The smallest absolute Gasteiger partial charge is 0.401 e. The zero-order valence-corrected chi connectivity index (χ0v) is 17.6. The Kier molecular flexibility index (Phi) is 7.55. The van der Waals surface area contributed by atoms with E-state index >= 15 is 0 Å². The Balaban J connectivity index is 1.50. The van der Waals surface area contributed by atoms with Crippen LogP contribution in [-0.4, -0.2) is 65.8 Å². The first-order chi connectivity index (χ1) is 14.7. The second-order valence-electron chi connectivity index (χ2n) is 7.12. The van der Waals surface area contributed by atoms with E-state index in [4.69, 9.17) is 4.52 Å². The fraction of sp³-hybridized carbons (Fsp3) is 0.474. The topological polar surface area (TPSA) is 88.9 Å². The van der Waals surface area contributed by atoms with Crippen LogP contribution in [0.2, 0.25) is 0 Å². The molecular formula is C19H22F3N5O3S. The van der Waals surface area contributed by atoms with Crippen molar-refractivity contribution in [1.82, 2.24) is 10.2 Å². The highest BCUT2D eigenvalue weighted by Gasteiger charge is 2.34. The van der Waals surface area contributed by atoms with Crippen molar-refractivity contribution in [2.24, 2.45) is 10.9 Å². The van der Waals surface area contributed by atoms with E-state index in [1.807, 2.05) is 6.07 Å². The van der Waals surface area contributed by atoms with Crippen LogP contribution in [0.5, 0.6) is 0 Å². The van der Waals surface area contributed by atoms with E-state index < -0.39 is 24.5 Å². The summed E-state index contributed by atoms with van der Waals surface area (Å²) in [6.07, 6.45) is -2.82. The molecule has 1 aromatic carbocycles. The molecule has 0 bridgehead atoms. The van der Waals surface area contributed by atoms with Gasteiger partial charge in [0, 0.05) is 24.4 Å². The third kappa shape index (κ3) is 6.96. The molecule has 0 unspecified atom stereocenters. The molecule has 0 spiro atoms. The number of hydrogen-bond donors (Lipinski definition) is 0. The van der Waals surface area contributed by atoms with Gasteiger partial charge in [-0.2, -0.15) is 18.2 Å². The van der Waals surface area contributed by atoms with Gasteiger partial charge in [0.2, 0.25) is 10.4 Å². The Morgan fingerprint density at radius 2 is 1.97 bits per heavy atom. The molecule has 168 valence electrons. The van der Waals surface area contributed by atoms with Crippen LogP contribution < -0.4 is 14.9 Å². The van der Waals surface area contributed by atoms with Gasteiger partial charge >= 0.3 is 12.1 Å². The summed E-state index contributed by atoms with van der Waals surface area (Å²) in [4.78, 5) is 18.7. The third-order valence-corrected chi connectivity index (χ3v) is 5.77. The Labute approximate surface area is 181 Å². The summed E-state index contributed by atoms with van der Waals surface area (Å²) in [5, 5.41) is 17.7. The quantitative estimate of drug-likeness (QED) is 0.353. The fourth-order valence-corrected chi connectivity index (χ4v) is 3.76. The van der Waals surface area contributed by atoms with Gasteiger partial charge in [0.1, 0.15) is 0 Å². The summed E-state index contributed by atoms with van der Waals surface area (Å²) in [7, 11) is 0. The molecule has 0 radical (unpaired) electrons. The predicted octanol–water partition coefficient (Wildman–Crippen LogP) is 1.38. The van der Waals surface area contributed by atoms with Crippen molar-refractivity contribution in [3.63, 3.8) is 0 Å². The van der Waals surface area contributed by atoms with E-state index in [0.29, 0.717) is 18.7 Å². The van der Waals surface area contributed by atoms with Crippen LogP contribution in [0, 0.1) is 5.92 Å². The molecule has 8 nitrogen and oxygen atoms in total. The standard InChI is InChI=1S/C19H22F3N5O3S/c1-14(12-31-18(29)15-5-3-2-4-6-15)17(28)23-16-11-27(24-30-16)26-9-7-25(8-10-26)13-19(20,21)22/h2-6,11,14H,7-10,12-13H2,1H3/t14-/m1/s1. The highest BCUT2D eigenvalue weighted by molar-refractivity contribution is 8.14. The van der Waals surface area contributed by atoms with Gasteiger partial charge in [0.25, 0.3) is 6.20 Å². The molecule has 2 aromatic rings. The van der Waals surface area contributed by atoms with E-state index in [2.05, 4.69) is 10.3 Å². The van der Waals surface area contributed by atoms with Crippen LogP contribution in [0.4, 0.5) is 19.1 Å². The van der Waals surface area contributed by atoms with Crippen molar-refractivity contribution < 1.29 is 32.4 Å². The molecule has 12 heteroatoms. The Hall–Kier alpha value is -2.60. The average Bonchev–Trinajstić information content (AvgIpc) is 3.20. The Morgan fingerprint density at radius 1 is 1.29 bits per heavy atom. The number of carbonyl (C=O) groups is 1. The maximum Gasteiger partial charge on any atom is 0.401 e. The minimum absolute atomic E-state index is 0.00560. The molecule has 31 heavy (non-hydrogen) atoms. The number of nitrogens with zero attached hydrogens (tertiary/aromatic N) is 5. The summed E-state index contributed by atoms with van der Waals surface area (Å²) in [5.74, 6) is -0.700. The van der Waals surface area contributed by atoms with E-state index in [9.17, 15) is 23.1 Å². The van der Waals surface area contributed by atoms with Crippen molar-refractivity contribution in [3.05, 3.63) is 42.1 Å². The third-order valence-electron chi connectivity index (χ3n) is 4.60. The number of halogens is 3. The fourth-order valence-electron chi connectivity index (χ4n) is 2.91. The molecule has 1 aliphatic heterocycles. The van der Waals surface area contributed by atoms with Gasteiger partial charge in [-0.1, -0.05) is 49.0 Å². The molecule has 2 heterocycles. The monoisotopic (exact) mass is 457 g/mol. The lowest BCUT2D eigenvalue weighted by molar-refractivity contribution is -0.759. The Morgan fingerprint density at radius 3 is 2.61 bits per heavy atom. The lowest BCUT2D eigenvalue weighted by Gasteiger charge is -2.30. The van der Waals surface area contributed by atoms with Crippen LogP contribution in [0.15, 0.2) is 46.0 Å². The molecule has 0 amide bonds. The predicted molar refractivity (Wildman–Crippen MR) is 107 cm³/mol. The van der Waals surface area contributed by atoms with Crippen LogP contribution >= 0.6 is 11.8 Å². The van der Waals surface area contributed by atoms with Crippen molar-refractivity contribution in [2.75, 3.05) is 43.5 Å². The average molecular weight is 457 g/mol. The number of aliphatic imine (C=N–C) groups is 1. The first-order valence-electron chi connectivity index (χ1n) is 9.62. The number of hydrogen-bond acceptors (Lipinski definition) is 8. The highest BCUT2D eigenvalue weighted by Crippen LogP contribution is 2.18. The van der Waals surface area contributed by atoms with Gasteiger partial charge in [-0.15, -0.1) is 0 Å². The van der Waals surface area contributed by atoms with Gasteiger partial charge in [-0.25, -0.2) is 4.99 Å². The van der Waals surface area contributed by atoms with Crippen molar-refractivity contribution in [2.45, 2.75) is 13.1 Å². The summed E-state index contributed by atoms with van der Waals surface area (Å²) in [6.45, 7) is 1.84. The number of alkyl halides is 3. The molecule has 1 saturated heterocycles. The van der Waals surface area contributed by atoms with Gasteiger partial charge < -0.3 is 5.11 Å². The maximum atomic E-state index is 12.5. The molecule has 3 rings (SSSR count). The molecular weight excluding hydrogens is 435 g/mol. The lowest BCUT2D eigenvalue weighted by Crippen LogP contribution is -2.65. The second kappa shape index (κ2) is 10.1. The van der Waals surface area contributed by atoms with Crippen LogP contribution in [-0.2, 0) is 0 Å². The molecule has 1 fully saturated rings. The molecule has 1 aromatic heterocycles. The van der Waals surface area contributed by atoms with Gasteiger partial charge in [0.05, 0.1) is 24.4 Å². The van der Waals surface area contributed by atoms with Crippen LogP contribution in [0.25, 0.3) is 0 Å². The molecule has 1 aliphatic rings. The SMILES string of the molecule is C[C@H](CSC(=O)c1ccccc1)C([O-])=Nc1c[n+](N2CCN(CC(F)(F)F)CC2)no1. The van der Waals surface area contributed by atoms with E-state index in [0.717, 1.165) is 11.8 Å². The van der Waals surface area contributed by atoms with Gasteiger partial charge in [-0.3, -0.25) is 14.2 Å². The number of carbonyl (C=O) groups excluding carboxylic acids is 1. The minimum Gasteiger partial charge on any atom is -0.861 e. The van der Waals surface area contributed by atoms with Crippen molar-refractivity contribution >= 4 is 28.7 Å². The number of thioether (sulfide) groups is 1.